The molecule has 8 heteroatoms. The van der Waals surface area contributed by atoms with Gasteiger partial charge in [-0.05, 0) is 42.9 Å². The number of piperidine rings is 1. The monoisotopic (exact) mass is 488 g/mol. The van der Waals surface area contributed by atoms with Gasteiger partial charge in [-0.25, -0.2) is 0 Å². The Morgan fingerprint density at radius 3 is 2.22 bits per heavy atom. The van der Waals surface area contributed by atoms with Crippen molar-refractivity contribution in [2.45, 2.75) is 38.3 Å². The lowest BCUT2D eigenvalue weighted by molar-refractivity contribution is -0.140. The molecule has 36 heavy (non-hydrogen) atoms. The predicted molar refractivity (Wildman–Crippen MR) is 134 cm³/mol. The van der Waals surface area contributed by atoms with E-state index in [4.69, 9.17) is 0 Å². The molecule has 3 aliphatic heterocycles. The van der Waals surface area contributed by atoms with Gasteiger partial charge in [-0.15, -0.1) is 0 Å². The standard InChI is InChI=1S/C28H32N4O4/c33-24(30-16-12-21(13-17-30)27(35)31-14-6-7-15-31)18-29-26(34)25-22-10-4-5-11-23(22)28(36)32(25)19-20-8-2-1-3-9-20/h1-5,8-11,21,25H,6-7,12-19H2,(H,29,34)/t25-/m0/s1. The van der Waals surface area contributed by atoms with E-state index < -0.39 is 6.04 Å². The molecule has 2 aromatic carbocycles. The molecular weight excluding hydrogens is 456 g/mol. The SMILES string of the molecule is O=C(NCC(=O)N1CCC(C(=O)N2CCCC2)CC1)[C@@H]1c2ccccc2C(=O)N1Cc1ccccc1. The summed E-state index contributed by atoms with van der Waals surface area (Å²) in [5.41, 5.74) is 2.10. The molecule has 0 bridgehead atoms. The van der Waals surface area contributed by atoms with Crippen LogP contribution in [-0.2, 0) is 20.9 Å². The smallest absolute Gasteiger partial charge is 0.255 e. The van der Waals surface area contributed by atoms with E-state index in [1.54, 1.807) is 28.0 Å². The molecular formula is C28H32N4O4. The third kappa shape index (κ3) is 4.85. The van der Waals surface area contributed by atoms with E-state index in [0.29, 0.717) is 43.6 Å². The Morgan fingerprint density at radius 2 is 1.50 bits per heavy atom. The van der Waals surface area contributed by atoms with Crippen LogP contribution in [0.1, 0.15) is 53.2 Å². The quantitative estimate of drug-likeness (QED) is 0.676. The predicted octanol–water partition coefficient (Wildman–Crippen LogP) is 2.36. The molecule has 0 radical (unpaired) electrons. The molecule has 4 amide bonds. The first kappa shape index (κ1) is 24.0. The minimum atomic E-state index is -0.787. The number of carbonyl (C=O) groups is 4. The molecule has 0 aliphatic carbocycles. The van der Waals surface area contributed by atoms with Gasteiger partial charge in [0, 0.05) is 44.2 Å². The summed E-state index contributed by atoms with van der Waals surface area (Å²) in [5, 5.41) is 2.78. The van der Waals surface area contributed by atoms with Gasteiger partial charge >= 0.3 is 0 Å². The average molecular weight is 489 g/mol. The zero-order chi connectivity index (χ0) is 25.1. The van der Waals surface area contributed by atoms with Crippen LogP contribution >= 0.6 is 0 Å². The van der Waals surface area contributed by atoms with E-state index in [9.17, 15) is 19.2 Å². The molecule has 3 aliphatic rings. The Labute approximate surface area is 211 Å². The third-order valence-corrected chi connectivity index (χ3v) is 7.53. The fraction of sp³-hybridized carbons (Fsp3) is 0.429. The van der Waals surface area contributed by atoms with E-state index in [2.05, 4.69) is 5.32 Å². The summed E-state index contributed by atoms with van der Waals surface area (Å²) in [4.78, 5) is 57.2. The molecule has 0 aromatic heterocycles. The number of hydrogen-bond acceptors (Lipinski definition) is 4. The highest BCUT2D eigenvalue weighted by molar-refractivity contribution is 6.05. The largest absolute Gasteiger partial charge is 0.345 e. The van der Waals surface area contributed by atoms with Gasteiger partial charge in [-0.2, -0.15) is 0 Å². The van der Waals surface area contributed by atoms with Crippen molar-refractivity contribution in [3.05, 3.63) is 71.3 Å². The number of nitrogens with one attached hydrogen (secondary N) is 1. The summed E-state index contributed by atoms with van der Waals surface area (Å²) in [5.74, 6) is -0.518. The van der Waals surface area contributed by atoms with E-state index in [1.807, 2.05) is 41.3 Å². The molecule has 3 heterocycles. The summed E-state index contributed by atoms with van der Waals surface area (Å²) >= 11 is 0. The molecule has 0 saturated carbocycles. The van der Waals surface area contributed by atoms with Crippen LogP contribution in [0.4, 0.5) is 0 Å². The van der Waals surface area contributed by atoms with Crippen molar-refractivity contribution in [2.24, 2.45) is 5.92 Å². The average Bonchev–Trinajstić information content (AvgIpc) is 3.55. The van der Waals surface area contributed by atoms with Crippen LogP contribution < -0.4 is 5.32 Å². The molecule has 0 spiro atoms. The Balaban J connectivity index is 1.19. The fourth-order valence-corrected chi connectivity index (χ4v) is 5.54. The highest BCUT2D eigenvalue weighted by Gasteiger charge is 2.41. The van der Waals surface area contributed by atoms with Crippen molar-refractivity contribution in [1.29, 1.82) is 0 Å². The number of amides is 4. The molecule has 0 unspecified atom stereocenters. The lowest BCUT2D eigenvalue weighted by atomic mass is 9.95. The normalized spacial score (nSPS) is 19.9. The van der Waals surface area contributed by atoms with Crippen LogP contribution in [0.5, 0.6) is 0 Å². The lowest BCUT2D eigenvalue weighted by Gasteiger charge is -2.33. The maximum Gasteiger partial charge on any atom is 0.255 e. The Kier molecular flexibility index (Phi) is 7.02. The summed E-state index contributed by atoms with van der Waals surface area (Å²) in [6.45, 7) is 2.90. The Morgan fingerprint density at radius 1 is 0.833 bits per heavy atom. The number of fused-ring (bicyclic) bond motifs is 1. The first-order valence-electron chi connectivity index (χ1n) is 12.8. The summed E-state index contributed by atoms with van der Waals surface area (Å²) in [6.07, 6.45) is 3.46. The Bertz CT molecular complexity index is 1140. The van der Waals surface area contributed by atoms with Crippen LogP contribution in [0.2, 0.25) is 0 Å². The van der Waals surface area contributed by atoms with Crippen molar-refractivity contribution in [2.75, 3.05) is 32.7 Å². The van der Waals surface area contributed by atoms with Crippen molar-refractivity contribution in [1.82, 2.24) is 20.0 Å². The van der Waals surface area contributed by atoms with Crippen LogP contribution in [0.25, 0.3) is 0 Å². The molecule has 1 N–H and O–H groups in total. The lowest BCUT2D eigenvalue weighted by Crippen LogP contribution is -2.48. The topological polar surface area (TPSA) is 90.0 Å². The van der Waals surface area contributed by atoms with Crippen LogP contribution in [-0.4, -0.2) is 71.1 Å². The molecule has 188 valence electrons. The van der Waals surface area contributed by atoms with Crippen LogP contribution in [0.3, 0.4) is 0 Å². The zero-order valence-electron chi connectivity index (χ0n) is 20.4. The van der Waals surface area contributed by atoms with E-state index in [1.165, 1.54) is 0 Å². The second-order valence-corrected chi connectivity index (χ2v) is 9.81. The summed E-state index contributed by atoms with van der Waals surface area (Å²) < 4.78 is 0. The van der Waals surface area contributed by atoms with Crippen molar-refractivity contribution in [3.8, 4) is 0 Å². The molecule has 2 aromatic rings. The van der Waals surface area contributed by atoms with Gasteiger partial charge in [0.1, 0.15) is 6.04 Å². The highest BCUT2D eigenvalue weighted by atomic mass is 16.2. The van der Waals surface area contributed by atoms with E-state index >= 15 is 0 Å². The van der Waals surface area contributed by atoms with Gasteiger partial charge in [-0.1, -0.05) is 48.5 Å². The van der Waals surface area contributed by atoms with Gasteiger partial charge in [0.25, 0.3) is 5.91 Å². The maximum absolute atomic E-state index is 13.3. The molecule has 5 rings (SSSR count). The van der Waals surface area contributed by atoms with E-state index in [-0.39, 0.29) is 36.1 Å². The van der Waals surface area contributed by atoms with Gasteiger partial charge < -0.3 is 20.0 Å². The summed E-state index contributed by atoms with van der Waals surface area (Å²) in [6, 6.07) is 15.9. The number of likely N-dealkylation sites (tertiary alicyclic amines) is 2. The van der Waals surface area contributed by atoms with Gasteiger partial charge in [0.2, 0.25) is 17.7 Å². The Hall–Kier alpha value is -3.68. The zero-order valence-corrected chi connectivity index (χ0v) is 20.4. The van der Waals surface area contributed by atoms with Crippen molar-refractivity contribution < 1.29 is 19.2 Å². The third-order valence-electron chi connectivity index (χ3n) is 7.53. The second kappa shape index (κ2) is 10.5. The number of benzene rings is 2. The minimum absolute atomic E-state index is 0.0192. The van der Waals surface area contributed by atoms with Crippen LogP contribution in [0.15, 0.2) is 54.6 Å². The fourth-order valence-electron chi connectivity index (χ4n) is 5.54. The second-order valence-electron chi connectivity index (χ2n) is 9.81. The van der Waals surface area contributed by atoms with Crippen molar-refractivity contribution >= 4 is 23.6 Å². The summed E-state index contributed by atoms with van der Waals surface area (Å²) in [7, 11) is 0. The number of hydrogen-bond donors (Lipinski definition) is 1. The first-order chi connectivity index (χ1) is 17.5. The molecule has 2 fully saturated rings. The highest BCUT2D eigenvalue weighted by Crippen LogP contribution is 2.35. The maximum atomic E-state index is 13.3. The number of carbonyl (C=O) groups excluding carboxylic acids is 4. The number of rotatable bonds is 6. The van der Waals surface area contributed by atoms with Crippen LogP contribution in [0, 0.1) is 5.92 Å². The minimum Gasteiger partial charge on any atom is -0.345 e. The van der Waals surface area contributed by atoms with E-state index in [0.717, 1.165) is 31.5 Å². The number of nitrogens with zero attached hydrogens (tertiary/aromatic N) is 3. The van der Waals surface area contributed by atoms with Crippen molar-refractivity contribution in [3.63, 3.8) is 0 Å². The van der Waals surface area contributed by atoms with Gasteiger partial charge in [0.15, 0.2) is 0 Å². The first-order valence-corrected chi connectivity index (χ1v) is 12.8. The molecule has 8 nitrogen and oxygen atoms in total. The van der Waals surface area contributed by atoms with Gasteiger partial charge in [-0.3, -0.25) is 19.2 Å². The van der Waals surface area contributed by atoms with Gasteiger partial charge in [0.05, 0.1) is 6.54 Å². The molecule has 1 atom stereocenters. The molecule has 2 saturated heterocycles.